The van der Waals surface area contributed by atoms with Crippen LogP contribution in [0.25, 0.3) is 0 Å². The van der Waals surface area contributed by atoms with E-state index < -0.39 is 17.0 Å². The van der Waals surface area contributed by atoms with Crippen LogP contribution in [0.2, 0.25) is 0 Å². The number of likely N-dealkylation sites (tertiary alicyclic amines) is 1. The van der Waals surface area contributed by atoms with Crippen molar-refractivity contribution in [2.24, 2.45) is 0 Å². The standard InChI is InChI=1S/C16H22N4O4/c1-16(2,3)18-14(21)13-9-6-10-19(13)15(22)17-11-7-4-5-8-12(11)20(23)24/h4-5,7-8,13H,6,9-10H2,1-3H3,(H,17,22)(H,18,21). The van der Waals surface area contributed by atoms with Gasteiger partial charge in [0.05, 0.1) is 4.92 Å². The molecule has 1 aromatic carbocycles. The molecular weight excluding hydrogens is 312 g/mol. The van der Waals surface area contributed by atoms with Crippen LogP contribution in [0.5, 0.6) is 0 Å². The molecule has 0 spiro atoms. The smallest absolute Gasteiger partial charge is 0.322 e. The van der Waals surface area contributed by atoms with E-state index >= 15 is 0 Å². The van der Waals surface area contributed by atoms with Crippen molar-refractivity contribution >= 4 is 23.3 Å². The van der Waals surface area contributed by atoms with E-state index in [-0.39, 0.29) is 22.8 Å². The molecule has 1 heterocycles. The zero-order valence-electron chi connectivity index (χ0n) is 14.0. The lowest BCUT2D eigenvalue weighted by Gasteiger charge is -2.28. The summed E-state index contributed by atoms with van der Waals surface area (Å²) in [6.07, 6.45) is 1.29. The van der Waals surface area contributed by atoms with Crippen molar-refractivity contribution in [2.45, 2.75) is 45.2 Å². The number of nitrogens with one attached hydrogen (secondary N) is 2. The number of amides is 3. The van der Waals surface area contributed by atoms with Crippen LogP contribution in [0.3, 0.4) is 0 Å². The molecule has 24 heavy (non-hydrogen) atoms. The highest BCUT2D eigenvalue weighted by molar-refractivity contribution is 5.95. The number of hydrogen-bond donors (Lipinski definition) is 2. The van der Waals surface area contributed by atoms with Crippen molar-refractivity contribution in [3.8, 4) is 0 Å². The monoisotopic (exact) mass is 334 g/mol. The second kappa shape index (κ2) is 6.86. The summed E-state index contributed by atoms with van der Waals surface area (Å²) in [6.45, 7) is 6.06. The molecule has 1 aliphatic heterocycles. The molecule has 1 aliphatic rings. The molecule has 1 saturated heterocycles. The van der Waals surface area contributed by atoms with E-state index in [1.54, 1.807) is 6.07 Å². The molecule has 0 saturated carbocycles. The zero-order chi connectivity index (χ0) is 17.9. The third kappa shape index (κ3) is 4.21. The minimum atomic E-state index is -0.563. The average Bonchev–Trinajstić information content (AvgIpc) is 2.95. The minimum Gasteiger partial charge on any atom is -0.350 e. The van der Waals surface area contributed by atoms with Crippen LogP contribution in [0.15, 0.2) is 24.3 Å². The maximum Gasteiger partial charge on any atom is 0.322 e. The van der Waals surface area contributed by atoms with Crippen molar-refractivity contribution in [3.63, 3.8) is 0 Å². The number of carbonyl (C=O) groups is 2. The normalized spacial score (nSPS) is 17.5. The van der Waals surface area contributed by atoms with Crippen LogP contribution in [0.1, 0.15) is 33.6 Å². The Morgan fingerprint density at radius 1 is 1.29 bits per heavy atom. The lowest BCUT2D eigenvalue weighted by Crippen LogP contribution is -2.52. The molecule has 0 bridgehead atoms. The summed E-state index contributed by atoms with van der Waals surface area (Å²) in [6, 6.07) is 4.86. The summed E-state index contributed by atoms with van der Waals surface area (Å²) in [5.41, 5.74) is -0.449. The number of hydrogen-bond acceptors (Lipinski definition) is 4. The number of urea groups is 1. The van der Waals surface area contributed by atoms with E-state index in [2.05, 4.69) is 10.6 Å². The van der Waals surface area contributed by atoms with Gasteiger partial charge in [0, 0.05) is 18.2 Å². The lowest BCUT2D eigenvalue weighted by atomic mass is 10.1. The first kappa shape index (κ1) is 17.7. The molecule has 0 aliphatic carbocycles. The quantitative estimate of drug-likeness (QED) is 0.654. The summed E-state index contributed by atoms with van der Waals surface area (Å²) in [7, 11) is 0. The predicted molar refractivity (Wildman–Crippen MR) is 89.7 cm³/mol. The number of anilines is 1. The first-order chi connectivity index (χ1) is 11.2. The average molecular weight is 334 g/mol. The molecule has 8 heteroatoms. The Kier molecular flexibility index (Phi) is 5.06. The highest BCUT2D eigenvalue weighted by Crippen LogP contribution is 2.25. The van der Waals surface area contributed by atoms with Gasteiger partial charge in [0.25, 0.3) is 5.69 Å². The van der Waals surface area contributed by atoms with Gasteiger partial charge in [0.2, 0.25) is 5.91 Å². The predicted octanol–water partition coefficient (Wildman–Crippen LogP) is 2.51. The van der Waals surface area contributed by atoms with Crippen LogP contribution in [-0.4, -0.2) is 39.9 Å². The third-order valence-corrected chi connectivity index (χ3v) is 3.66. The largest absolute Gasteiger partial charge is 0.350 e. The van der Waals surface area contributed by atoms with Gasteiger partial charge in [-0.25, -0.2) is 4.79 Å². The van der Waals surface area contributed by atoms with Gasteiger partial charge in [-0.15, -0.1) is 0 Å². The van der Waals surface area contributed by atoms with Gasteiger partial charge in [0.15, 0.2) is 0 Å². The fraction of sp³-hybridized carbons (Fsp3) is 0.500. The van der Waals surface area contributed by atoms with Crippen molar-refractivity contribution in [2.75, 3.05) is 11.9 Å². The number of nitro groups is 1. The second-order valence-electron chi connectivity index (χ2n) is 6.80. The number of carbonyl (C=O) groups excluding carboxylic acids is 2. The van der Waals surface area contributed by atoms with Crippen LogP contribution in [-0.2, 0) is 4.79 Å². The van der Waals surface area contributed by atoms with E-state index in [9.17, 15) is 19.7 Å². The SMILES string of the molecule is CC(C)(C)NC(=O)C1CCCN1C(=O)Nc1ccccc1[N+](=O)[O-]. The summed E-state index contributed by atoms with van der Waals surface area (Å²) in [5, 5.41) is 16.4. The van der Waals surface area contributed by atoms with Gasteiger partial charge in [-0.05, 0) is 39.7 Å². The summed E-state index contributed by atoms with van der Waals surface area (Å²) < 4.78 is 0. The van der Waals surface area contributed by atoms with E-state index in [0.717, 1.165) is 0 Å². The second-order valence-corrected chi connectivity index (χ2v) is 6.80. The molecule has 0 aromatic heterocycles. The van der Waals surface area contributed by atoms with E-state index in [0.29, 0.717) is 19.4 Å². The molecule has 2 rings (SSSR count). The summed E-state index contributed by atoms with van der Waals surface area (Å²) in [4.78, 5) is 36.8. The van der Waals surface area contributed by atoms with E-state index in [1.807, 2.05) is 20.8 Å². The highest BCUT2D eigenvalue weighted by atomic mass is 16.6. The van der Waals surface area contributed by atoms with Crippen LogP contribution >= 0.6 is 0 Å². The Morgan fingerprint density at radius 2 is 1.96 bits per heavy atom. The van der Waals surface area contributed by atoms with Crippen molar-refractivity contribution < 1.29 is 14.5 Å². The lowest BCUT2D eigenvalue weighted by molar-refractivity contribution is -0.383. The molecule has 130 valence electrons. The molecular formula is C16H22N4O4. The number of nitrogens with zero attached hydrogens (tertiary/aromatic N) is 2. The Labute approximate surface area is 140 Å². The van der Waals surface area contributed by atoms with Gasteiger partial charge >= 0.3 is 6.03 Å². The first-order valence-electron chi connectivity index (χ1n) is 7.82. The van der Waals surface area contributed by atoms with Crippen molar-refractivity contribution in [1.82, 2.24) is 10.2 Å². The number of nitro benzene ring substituents is 1. The summed E-state index contributed by atoms with van der Waals surface area (Å²) in [5.74, 6) is -0.210. The number of benzene rings is 1. The molecule has 3 amide bonds. The van der Waals surface area contributed by atoms with Gasteiger partial charge < -0.3 is 15.5 Å². The van der Waals surface area contributed by atoms with Crippen LogP contribution in [0.4, 0.5) is 16.2 Å². The third-order valence-electron chi connectivity index (χ3n) is 3.66. The van der Waals surface area contributed by atoms with Gasteiger partial charge in [-0.2, -0.15) is 0 Å². The van der Waals surface area contributed by atoms with Crippen molar-refractivity contribution in [1.29, 1.82) is 0 Å². The van der Waals surface area contributed by atoms with E-state index in [1.165, 1.54) is 23.1 Å². The molecule has 1 unspecified atom stereocenters. The summed E-state index contributed by atoms with van der Waals surface area (Å²) >= 11 is 0. The zero-order valence-corrected chi connectivity index (χ0v) is 14.0. The van der Waals surface area contributed by atoms with E-state index in [4.69, 9.17) is 0 Å². The number of rotatable bonds is 3. The molecule has 8 nitrogen and oxygen atoms in total. The Bertz CT molecular complexity index is 654. The van der Waals surface area contributed by atoms with Gasteiger partial charge in [-0.1, -0.05) is 12.1 Å². The fourth-order valence-electron chi connectivity index (χ4n) is 2.66. The van der Waals surface area contributed by atoms with Crippen molar-refractivity contribution in [3.05, 3.63) is 34.4 Å². The van der Waals surface area contributed by atoms with Gasteiger partial charge in [0.1, 0.15) is 11.7 Å². The minimum absolute atomic E-state index is 0.120. The molecule has 1 aromatic rings. The maximum atomic E-state index is 12.5. The first-order valence-corrected chi connectivity index (χ1v) is 7.82. The maximum absolute atomic E-state index is 12.5. The van der Waals surface area contributed by atoms with Crippen LogP contribution < -0.4 is 10.6 Å². The highest BCUT2D eigenvalue weighted by Gasteiger charge is 2.35. The molecule has 0 radical (unpaired) electrons. The molecule has 2 N–H and O–H groups in total. The number of para-hydroxylation sites is 2. The Balaban J connectivity index is 2.12. The van der Waals surface area contributed by atoms with Gasteiger partial charge in [-0.3, -0.25) is 14.9 Å². The molecule has 1 fully saturated rings. The Hall–Kier alpha value is -2.64. The Morgan fingerprint density at radius 3 is 2.58 bits per heavy atom. The molecule has 1 atom stereocenters. The fourth-order valence-corrected chi connectivity index (χ4v) is 2.66. The van der Waals surface area contributed by atoms with Crippen LogP contribution in [0, 0.1) is 10.1 Å². The topological polar surface area (TPSA) is 105 Å².